The number of hydrogen-bond donors (Lipinski definition) is 0. The second kappa shape index (κ2) is 4.66. The lowest BCUT2D eigenvalue weighted by molar-refractivity contribution is -0.147. The molecule has 1 saturated carbocycles. The first kappa shape index (κ1) is 12.4. The van der Waals surface area contributed by atoms with Crippen LogP contribution >= 0.6 is 0 Å². The van der Waals surface area contributed by atoms with Gasteiger partial charge in [0, 0.05) is 26.3 Å². The second-order valence-corrected chi connectivity index (χ2v) is 5.47. The Labute approximate surface area is 103 Å². The van der Waals surface area contributed by atoms with Crippen molar-refractivity contribution in [2.45, 2.75) is 38.6 Å². The van der Waals surface area contributed by atoms with Gasteiger partial charge in [-0.2, -0.15) is 5.26 Å². The zero-order chi connectivity index (χ0) is 12.5. The van der Waals surface area contributed by atoms with Crippen LogP contribution < -0.4 is 0 Å². The van der Waals surface area contributed by atoms with E-state index in [0.29, 0.717) is 5.92 Å². The smallest absolute Gasteiger partial charge is 0.243 e. The highest BCUT2D eigenvalue weighted by molar-refractivity contribution is 5.86. The maximum Gasteiger partial charge on any atom is 0.243 e. The predicted molar refractivity (Wildman–Crippen MR) is 63.1 cm³/mol. The molecule has 4 heteroatoms. The number of carbonyl (C=O) groups is 1. The van der Waals surface area contributed by atoms with Crippen molar-refractivity contribution in [2.75, 3.05) is 20.3 Å². The summed E-state index contributed by atoms with van der Waals surface area (Å²) in [5, 5.41) is 9.25. The zero-order valence-corrected chi connectivity index (χ0v) is 10.6. The summed E-state index contributed by atoms with van der Waals surface area (Å²) in [6, 6.07) is 2.49. The number of ether oxygens (including phenoxy) is 1. The van der Waals surface area contributed by atoms with Gasteiger partial charge in [0.15, 0.2) is 0 Å². The van der Waals surface area contributed by atoms with Crippen molar-refractivity contribution in [2.24, 2.45) is 11.3 Å². The third-order valence-corrected chi connectivity index (χ3v) is 4.08. The van der Waals surface area contributed by atoms with E-state index in [0.717, 1.165) is 38.9 Å². The number of rotatable bonds is 2. The van der Waals surface area contributed by atoms with E-state index in [9.17, 15) is 10.1 Å². The van der Waals surface area contributed by atoms with E-state index < -0.39 is 5.41 Å². The van der Waals surface area contributed by atoms with Crippen molar-refractivity contribution < 1.29 is 9.53 Å². The van der Waals surface area contributed by atoms with E-state index in [1.165, 1.54) is 0 Å². The van der Waals surface area contributed by atoms with E-state index in [2.05, 4.69) is 13.0 Å². The maximum absolute atomic E-state index is 12.4. The average molecular weight is 236 g/mol. The van der Waals surface area contributed by atoms with Crippen LogP contribution in [0.4, 0.5) is 0 Å². The molecule has 2 fully saturated rings. The van der Waals surface area contributed by atoms with Crippen LogP contribution in [0.1, 0.15) is 32.6 Å². The van der Waals surface area contributed by atoms with Gasteiger partial charge in [-0.15, -0.1) is 0 Å². The Morgan fingerprint density at radius 3 is 2.47 bits per heavy atom. The lowest BCUT2D eigenvalue weighted by atomic mass is 9.62. The first-order valence-corrected chi connectivity index (χ1v) is 6.35. The fraction of sp³-hybridized carbons (Fsp3) is 0.846. The minimum atomic E-state index is -0.730. The van der Waals surface area contributed by atoms with Crippen molar-refractivity contribution in [3.8, 4) is 6.07 Å². The average Bonchev–Trinajstić information content (AvgIpc) is 2.34. The first-order chi connectivity index (χ1) is 8.09. The summed E-state index contributed by atoms with van der Waals surface area (Å²) in [7, 11) is 1.83. The van der Waals surface area contributed by atoms with E-state index in [1.807, 2.05) is 7.05 Å². The van der Waals surface area contributed by atoms with Crippen LogP contribution in [0.2, 0.25) is 0 Å². The number of amides is 1. The normalized spacial score (nSPS) is 33.6. The minimum absolute atomic E-state index is 0.0185. The molecule has 0 aromatic carbocycles. The van der Waals surface area contributed by atoms with Crippen LogP contribution in [-0.2, 0) is 9.53 Å². The Balaban J connectivity index is 2.01. The molecule has 2 aliphatic rings. The van der Waals surface area contributed by atoms with Crippen molar-refractivity contribution >= 4 is 5.91 Å². The summed E-state index contributed by atoms with van der Waals surface area (Å²) in [4.78, 5) is 14.2. The molecule has 0 spiro atoms. The van der Waals surface area contributed by atoms with Gasteiger partial charge in [0.2, 0.25) is 5.91 Å². The Morgan fingerprint density at radius 1 is 1.41 bits per heavy atom. The first-order valence-electron chi connectivity index (χ1n) is 6.35. The molecule has 94 valence electrons. The van der Waals surface area contributed by atoms with Gasteiger partial charge in [-0.25, -0.2) is 0 Å². The minimum Gasteiger partial charge on any atom is -0.381 e. The summed E-state index contributed by atoms with van der Waals surface area (Å²) in [5.41, 5.74) is -0.730. The largest absolute Gasteiger partial charge is 0.381 e. The monoisotopic (exact) mass is 236 g/mol. The van der Waals surface area contributed by atoms with Crippen molar-refractivity contribution in [3.63, 3.8) is 0 Å². The van der Waals surface area contributed by atoms with Gasteiger partial charge in [0.05, 0.1) is 6.07 Å². The summed E-state index contributed by atoms with van der Waals surface area (Å²) >= 11 is 0. The van der Waals surface area contributed by atoms with Gasteiger partial charge in [-0.3, -0.25) is 4.79 Å². The number of carbonyl (C=O) groups excluding carboxylic acids is 1. The summed E-state index contributed by atoms with van der Waals surface area (Å²) in [5.74, 6) is 0.520. The molecule has 0 unspecified atom stereocenters. The van der Waals surface area contributed by atoms with E-state index in [1.54, 1.807) is 4.90 Å². The van der Waals surface area contributed by atoms with Gasteiger partial charge in [0.1, 0.15) is 5.41 Å². The lowest BCUT2D eigenvalue weighted by Crippen LogP contribution is -2.52. The van der Waals surface area contributed by atoms with Gasteiger partial charge in [-0.05, 0) is 31.6 Å². The highest BCUT2D eigenvalue weighted by atomic mass is 16.5. The second-order valence-electron chi connectivity index (χ2n) is 5.47. The lowest BCUT2D eigenvalue weighted by Gasteiger charge is -2.43. The van der Waals surface area contributed by atoms with E-state index in [-0.39, 0.29) is 11.9 Å². The molecule has 2 rings (SSSR count). The molecule has 1 aliphatic carbocycles. The Bertz CT molecular complexity index is 336. The standard InChI is InChI=1S/C13H20N2O2/c1-10-7-13(8-10,9-14)12(16)15(2)11-3-5-17-6-4-11/h10-11H,3-8H2,1-2H3. The van der Waals surface area contributed by atoms with Crippen molar-refractivity contribution in [1.29, 1.82) is 5.26 Å². The fourth-order valence-corrected chi connectivity index (χ4v) is 3.02. The van der Waals surface area contributed by atoms with E-state index >= 15 is 0 Å². The van der Waals surface area contributed by atoms with Crippen LogP contribution in [0.3, 0.4) is 0 Å². The molecule has 1 aliphatic heterocycles. The van der Waals surface area contributed by atoms with Gasteiger partial charge < -0.3 is 9.64 Å². The van der Waals surface area contributed by atoms with Gasteiger partial charge in [0.25, 0.3) is 0 Å². The number of hydrogen-bond acceptors (Lipinski definition) is 3. The SMILES string of the molecule is CC1CC(C#N)(C(=O)N(C)C2CCOCC2)C1. The molecule has 4 nitrogen and oxygen atoms in total. The quantitative estimate of drug-likeness (QED) is 0.731. The Hall–Kier alpha value is -1.08. The molecule has 1 saturated heterocycles. The molecule has 0 aromatic rings. The topological polar surface area (TPSA) is 53.3 Å². The molecular formula is C13H20N2O2. The van der Waals surface area contributed by atoms with Gasteiger partial charge >= 0.3 is 0 Å². The molecule has 0 atom stereocenters. The highest BCUT2D eigenvalue weighted by Crippen LogP contribution is 2.46. The van der Waals surface area contributed by atoms with Crippen molar-refractivity contribution in [3.05, 3.63) is 0 Å². The Morgan fingerprint density at radius 2 is 2.00 bits per heavy atom. The molecule has 1 heterocycles. The summed E-state index contributed by atoms with van der Waals surface area (Å²) in [6.07, 6.45) is 3.21. The molecule has 17 heavy (non-hydrogen) atoms. The third kappa shape index (κ3) is 2.16. The fourth-order valence-electron chi connectivity index (χ4n) is 3.02. The number of nitriles is 1. The van der Waals surface area contributed by atoms with Crippen LogP contribution in [0.15, 0.2) is 0 Å². The third-order valence-electron chi connectivity index (χ3n) is 4.08. The zero-order valence-electron chi connectivity index (χ0n) is 10.6. The predicted octanol–water partition coefficient (Wildman–Crippen LogP) is 1.56. The molecule has 0 radical (unpaired) electrons. The maximum atomic E-state index is 12.4. The highest BCUT2D eigenvalue weighted by Gasteiger charge is 2.50. The summed E-state index contributed by atoms with van der Waals surface area (Å²) in [6.45, 7) is 3.54. The van der Waals surface area contributed by atoms with Crippen LogP contribution in [0.25, 0.3) is 0 Å². The summed E-state index contributed by atoms with van der Waals surface area (Å²) < 4.78 is 5.30. The molecule has 0 bridgehead atoms. The van der Waals surface area contributed by atoms with Crippen LogP contribution in [0.5, 0.6) is 0 Å². The molecule has 0 N–H and O–H groups in total. The number of nitrogens with zero attached hydrogens (tertiary/aromatic N) is 2. The molecular weight excluding hydrogens is 216 g/mol. The Kier molecular flexibility index (Phi) is 3.39. The molecule has 0 aromatic heterocycles. The molecule has 1 amide bonds. The van der Waals surface area contributed by atoms with E-state index in [4.69, 9.17) is 4.74 Å². The van der Waals surface area contributed by atoms with Gasteiger partial charge in [-0.1, -0.05) is 6.92 Å². The van der Waals surface area contributed by atoms with Crippen LogP contribution in [0, 0.1) is 22.7 Å². The van der Waals surface area contributed by atoms with Crippen LogP contribution in [-0.4, -0.2) is 37.1 Å². The van der Waals surface area contributed by atoms with Crippen molar-refractivity contribution in [1.82, 2.24) is 4.90 Å².